The predicted molar refractivity (Wildman–Crippen MR) is 60.5 cm³/mol. The van der Waals surface area contributed by atoms with Crippen molar-refractivity contribution in [1.82, 2.24) is 5.43 Å². The van der Waals surface area contributed by atoms with Crippen LogP contribution in [0.5, 0.6) is 0 Å². The lowest BCUT2D eigenvalue weighted by Gasteiger charge is -2.18. The van der Waals surface area contributed by atoms with E-state index >= 15 is 0 Å². The Morgan fingerprint density at radius 3 is 2.73 bits per heavy atom. The summed E-state index contributed by atoms with van der Waals surface area (Å²) in [6.07, 6.45) is 0. The van der Waals surface area contributed by atoms with Gasteiger partial charge in [-0.25, -0.2) is 5.84 Å². The third-order valence-electron chi connectivity index (χ3n) is 1.66. The highest BCUT2D eigenvalue weighted by atomic mass is 32.1. The van der Waals surface area contributed by atoms with E-state index in [0.29, 0.717) is 11.5 Å². The van der Waals surface area contributed by atoms with Crippen molar-refractivity contribution in [3.8, 4) is 0 Å². The van der Waals surface area contributed by atoms with Gasteiger partial charge >= 0.3 is 0 Å². The molecule has 0 aliphatic heterocycles. The molecule has 0 aromatic carbocycles. The Morgan fingerprint density at radius 2 is 2.20 bits per heavy atom. The van der Waals surface area contributed by atoms with Crippen LogP contribution in [0.15, 0.2) is 12.1 Å². The van der Waals surface area contributed by atoms with E-state index in [4.69, 9.17) is 10.6 Å². The summed E-state index contributed by atoms with van der Waals surface area (Å²) in [6.45, 7) is 6.50. The fraction of sp³-hybridized carbons (Fsp3) is 0.500. The first kappa shape index (κ1) is 12.2. The SMILES string of the molecule is CC(C)(C)OCc1ccc(C(=O)NN)s1. The molecule has 0 bridgehead atoms. The van der Waals surface area contributed by atoms with Gasteiger partial charge in [0.25, 0.3) is 5.91 Å². The minimum absolute atomic E-state index is 0.166. The van der Waals surface area contributed by atoms with E-state index in [1.807, 2.05) is 26.8 Å². The number of carbonyl (C=O) groups is 1. The second-order valence-electron chi connectivity index (χ2n) is 4.14. The molecule has 0 atom stereocenters. The zero-order valence-corrected chi connectivity index (χ0v) is 9.98. The van der Waals surface area contributed by atoms with E-state index in [2.05, 4.69) is 5.43 Å². The van der Waals surface area contributed by atoms with Gasteiger partial charge in [-0.15, -0.1) is 11.3 Å². The molecule has 4 nitrogen and oxygen atoms in total. The fourth-order valence-electron chi connectivity index (χ4n) is 0.936. The number of ether oxygens (including phenoxy) is 1. The predicted octanol–water partition coefficient (Wildman–Crippen LogP) is 1.67. The van der Waals surface area contributed by atoms with Crippen LogP contribution in [0.4, 0.5) is 0 Å². The molecule has 1 heterocycles. The van der Waals surface area contributed by atoms with E-state index in [1.165, 1.54) is 11.3 Å². The second-order valence-corrected chi connectivity index (χ2v) is 5.31. The molecule has 3 N–H and O–H groups in total. The summed E-state index contributed by atoms with van der Waals surface area (Å²) in [5.41, 5.74) is 1.93. The molecule has 0 radical (unpaired) electrons. The van der Waals surface area contributed by atoms with E-state index in [0.717, 1.165) is 4.88 Å². The normalized spacial score (nSPS) is 11.5. The third-order valence-corrected chi connectivity index (χ3v) is 2.72. The second kappa shape index (κ2) is 4.74. The number of nitrogen functional groups attached to an aromatic ring is 1. The van der Waals surface area contributed by atoms with Gasteiger partial charge in [0.2, 0.25) is 0 Å². The van der Waals surface area contributed by atoms with Crippen LogP contribution in [-0.4, -0.2) is 11.5 Å². The summed E-state index contributed by atoms with van der Waals surface area (Å²) in [4.78, 5) is 12.8. The van der Waals surface area contributed by atoms with Gasteiger partial charge in [-0.1, -0.05) is 0 Å². The van der Waals surface area contributed by atoms with Crippen LogP contribution in [0.3, 0.4) is 0 Å². The number of carbonyl (C=O) groups excluding carboxylic acids is 1. The van der Waals surface area contributed by atoms with Crippen LogP contribution in [-0.2, 0) is 11.3 Å². The zero-order chi connectivity index (χ0) is 11.5. The van der Waals surface area contributed by atoms with Crippen molar-refractivity contribution >= 4 is 17.2 Å². The molecule has 1 aromatic heterocycles. The highest BCUT2D eigenvalue weighted by Gasteiger charge is 2.12. The van der Waals surface area contributed by atoms with E-state index in [9.17, 15) is 4.79 Å². The van der Waals surface area contributed by atoms with Crippen LogP contribution in [0.25, 0.3) is 0 Å². The fourth-order valence-corrected chi connectivity index (χ4v) is 1.76. The minimum atomic E-state index is -0.262. The summed E-state index contributed by atoms with van der Waals surface area (Å²) >= 11 is 1.39. The Bertz CT molecular complexity index is 341. The van der Waals surface area contributed by atoms with Crippen LogP contribution < -0.4 is 11.3 Å². The number of nitrogens with two attached hydrogens (primary N) is 1. The summed E-state index contributed by atoms with van der Waals surface area (Å²) in [7, 11) is 0. The van der Waals surface area contributed by atoms with Gasteiger partial charge in [-0.2, -0.15) is 0 Å². The van der Waals surface area contributed by atoms with Crippen molar-refractivity contribution in [3.63, 3.8) is 0 Å². The smallest absolute Gasteiger partial charge is 0.275 e. The van der Waals surface area contributed by atoms with E-state index < -0.39 is 0 Å². The molecule has 1 amide bonds. The Hall–Kier alpha value is -0.910. The Kier molecular flexibility index (Phi) is 3.84. The molecule has 0 aliphatic rings. The quantitative estimate of drug-likeness (QED) is 0.470. The van der Waals surface area contributed by atoms with Gasteiger partial charge in [-0.3, -0.25) is 10.2 Å². The molecule has 0 unspecified atom stereocenters. The maximum absolute atomic E-state index is 11.2. The standard InChI is InChI=1S/C10H16N2O2S/c1-10(2,3)14-6-7-4-5-8(15-7)9(13)12-11/h4-5H,6,11H2,1-3H3,(H,12,13). The van der Waals surface area contributed by atoms with Crippen LogP contribution >= 0.6 is 11.3 Å². The molecule has 0 spiro atoms. The number of hydrogen-bond acceptors (Lipinski definition) is 4. The van der Waals surface area contributed by atoms with Gasteiger partial charge in [0.1, 0.15) is 0 Å². The van der Waals surface area contributed by atoms with Crippen LogP contribution in [0.1, 0.15) is 35.3 Å². The average molecular weight is 228 g/mol. The number of thiophene rings is 1. The molecule has 0 fully saturated rings. The van der Waals surface area contributed by atoms with Crippen molar-refractivity contribution in [2.45, 2.75) is 33.0 Å². The van der Waals surface area contributed by atoms with Crippen molar-refractivity contribution in [3.05, 3.63) is 21.9 Å². The van der Waals surface area contributed by atoms with Crippen molar-refractivity contribution in [1.29, 1.82) is 0 Å². The largest absolute Gasteiger partial charge is 0.370 e. The van der Waals surface area contributed by atoms with Gasteiger partial charge in [0.15, 0.2) is 0 Å². The Balaban J connectivity index is 2.57. The molecule has 15 heavy (non-hydrogen) atoms. The van der Waals surface area contributed by atoms with Crippen LogP contribution in [0.2, 0.25) is 0 Å². The highest BCUT2D eigenvalue weighted by molar-refractivity contribution is 7.14. The zero-order valence-electron chi connectivity index (χ0n) is 9.16. The highest BCUT2D eigenvalue weighted by Crippen LogP contribution is 2.19. The van der Waals surface area contributed by atoms with Gasteiger partial charge in [0.05, 0.1) is 17.1 Å². The van der Waals surface area contributed by atoms with E-state index in [1.54, 1.807) is 6.07 Å². The van der Waals surface area contributed by atoms with Crippen molar-refractivity contribution in [2.24, 2.45) is 5.84 Å². The number of hydrazine groups is 1. The number of hydrogen-bond donors (Lipinski definition) is 2. The summed E-state index contributed by atoms with van der Waals surface area (Å²) < 4.78 is 5.59. The lowest BCUT2D eigenvalue weighted by molar-refractivity contribution is -0.0136. The third kappa shape index (κ3) is 3.99. The molecule has 5 heteroatoms. The minimum Gasteiger partial charge on any atom is -0.370 e. The lowest BCUT2D eigenvalue weighted by Crippen LogP contribution is -2.29. The molecule has 0 saturated carbocycles. The van der Waals surface area contributed by atoms with E-state index in [-0.39, 0.29) is 11.5 Å². The maximum atomic E-state index is 11.2. The number of nitrogens with one attached hydrogen (secondary N) is 1. The Labute approximate surface area is 93.4 Å². The molecular weight excluding hydrogens is 212 g/mol. The molecule has 1 rings (SSSR count). The van der Waals surface area contributed by atoms with Gasteiger partial charge in [0, 0.05) is 4.88 Å². The first-order valence-corrected chi connectivity index (χ1v) is 5.47. The molecular formula is C10H16N2O2S. The van der Waals surface area contributed by atoms with Gasteiger partial charge < -0.3 is 4.74 Å². The molecule has 84 valence electrons. The molecule has 0 aliphatic carbocycles. The first-order valence-electron chi connectivity index (χ1n) is 4.66. The maximum Gasteiger partial charge on any atom is 0.275 e. The summed E-state index contributed by atoms with van der Waals surface area (Å²) in [5, 5.41) is 0. The topological polar surface area (TPSA) is 64.3 Å². The number of amides is 1. The van der Waals surface area contributed by atoms with Crippen LogP contribution in [0, 0.1) is 0 Å². The summed E-state index contributed by atoms with van der Waals surface area (Å²) in [6, 6.07) is 3.62. The Morgan fingerprint density at radius 1 is 1.53 bits per heavy atom. The average Bonchev–Trinajstić information content (AvgIpc) is 2.61. The molecule has 1 aromatic rings. The number of rotatable bonds is 3. The monoisotopic (exact) mass is 228 g/mol. The van der Waals surface area contributed by atoms with Crippen molar-refractivity contribution < 1.29 is 9.53 Å². The first-order chi connectivity index (χ1) is 6.92. The molecule has 0 saturated heterocycles. The van der Waals surface area contributed by atoms with Gasteiger partial charge in [-0.05, 0) is 32.9 Å². The van der Waals surface area contributed by atoms with Crippen molar-refractivity contribution in [2.75, 3.05) is 0 Å². The summed E-state index contributed by atoms with van der Waals surface area (Å²) in [5.74, 6) is 4.77. The lowest BCUT2D eigenvalue weighted by atomic mass is 10.2.